The van der Waals surface area contributed by atoms with Gasteiger partial charge in [0, 0.05) is 43.8 Å². The average Bonchev–Trinajstić information content (AvgIpc) is 3.19. The molecule has 5 heteroatoms. The minimum absolute atomic E-state index is 0.0127. The molecule has 5 nitrogen and oxygen atoms in total. The summed E-state index contributed by atoms with van der Waals surface area (Å²) in [5.74, 6) is 1.83. The lowest BCUT2D eigenvalue weighted by atomic mass is 9.73. The Labute approximate surface area is 156 Å². The molecular formula is C21H31N3O2. The predicted molar refractivity (Wildman–Crippen MR) is 106 cm³/mol. The molecule has 26 heavy (non-hydrogen) atoms. The summed E-state index contributed by atoms with van der Waals surface area (Å²) in [5.41, 5.74) is 2.52. The molecule has 1 aromatic rings. The van der Waals surface area contributed by atoms with Crippen molar-refractivity contribution >= 4 is 5.96 Å². The summed E-state index contributed by atoms with van der Waals surface area (Å²) in [4.78, 5) is 4.43. The third-order valence-corrected chi connectivity index (χ3v) is 5.54. The molecule has 142 valence electrons. The second-order valence-corrected chi connectivity index (χ2v) is 7.31. The van der Waals surface area contributed by atoms with Crippen LogP contribution in [-0.4, -0.2) is 45.9 Å². The molecule has 2 aliphatic rings. The molecule has 1 aromatic carbocycles. The van der Waals surface area contributed by atoms with Crippen LogP contribution in [0.5, 0.6) is 5.75 Å². The standard InChI is InChI=1S/C21H31N3O2/c1-16-8-9-19(25-3)18(14-16)21(10-12-26-13-11-21)15-23-20(22-2)24-17-6-4-5-7-17/h4-5,8-9,14,17H,6-7,10-13,15H2,1-3H3,(H2,22,23,24). The molecule has 2 N–H and O–H groups in total. The fourth-order valence-corrected chi connectivity index (χ4v) is 3.92. The quantitative estimate of drug-likeness (QED) is 0.483. The van der Waals surface area contributed by atoms with Crippen molar-refractivity contribution in [1.29, 1.82) is 0 Å². The smallest absolute Gasteiger partial charge is 0.191 e. The molecule has 1 aliphatic heterocycles. The first-order valence-electron chi connectivity index (χ1n) is 9.52. The molecule has 0 atom stereocenters. The Balaban J connectivity index is 1.78. The van der Waals surface area contributed by atoms with Gasteiger partial charge >= 0.3 is 0 Å². The number of aryl methyl sites for hydroxylation is 1. The first-order chi connectivity index (χ1) is 12.7. The number of methoxy groups -OCH3 is 1. The molecule has 1 fully saturated rings. The Morgan fingerprint density at radius 2 is 2.00 bits per heavy atom. The number of ether oxygens (including phenoxy) is 2. The highest BCUT2D eigenvalue weighted by Crippen LogP contribution is 2.40. The molecule has 1 saturated heterocycles. The lowest BCUT2D eigenvalue weighted by molar-refractivity contribution is 0.0505. The minimum atomic E-state index is -0.0127. The summed E-state index contributed by atoms with van der Waals surface area (Å²) >= 11 is 0. The van der Waals surface area contributed by atoms with Gasteiger partial charge in [0.25, 0.3) is 0 Å². The van der Waals surface area contributed by atoms with E-state index in [1.807, 2.05) is 7.05 Å². The second kappa shape index (κ2) is 8.58. The molecule has 0 saturated carbocycles. The summed E-state index contributed by atoms with van der Waals surface area (Å²) in [6.45, 7) is 4.50. The largest absolute Gasteiger partial charge is 0.496 e. The Morgan fingerprint density at radius 1 is 1.27 bits per heavy atom. The number of hydrogen-bond donors (Lipinski definition) is 2. The van der Waals surface area contributed by atoms with Crippen LogP contribution in [0.25, 0.3) is 0 Å². The van der Waals surface area contributed by atoms with E-state index >= 15 is 0 Å². The first-order valence-corrected chi connectivity index (χ1v) is 9.52. The number of hydrogen-bond acceptors (Lipinski definition) is 3. The molecule has 1 heterocycles. The molecule has 0 bridgehead atoms. The maximum absolute atomic E-state index is 5.70. The van der Waals surface area contributed by atoms with Crippen LogP contribution in [0.2, 0.25) is 0 Å². The van der Waals surface area contributed by atoms with Crippen molar-refractivity contribution in [2.45, 2.75) is 44.1 Å². The zero-order chi connectivity index (χ0) is 18.4. The Morgan fingerprint density at radius 3 is 2.65 bits per heavy atom. The van der Waals surface area contributed by atoms with E-state index in [0.717, 1.165) is 57.2 Å². The van der Waals surface area contributed by atoms with E-state index in [1.165, 1.54) is 11.1 Å². The fraction of sp³-hybridized carbons (Fsp3) is 0.571. The van der Waals surface area contributed by atoms with Crippen molar-refractivity contribution < 1.29 is 9.47 Å². The van der Waals surface area contributed by atoms with Gasteiger partial charge in [0.1, 0.15) is 5.75 Å². The fourth-order valence-electron chi connectivity index (χ4n) is 3.92. The van der Waals surface area contributed by atoms with Crippen LogP contribution in [0.3, 0.4) is 0 Å². The zero-order valence-corrected chi connectivity index (χ0v) is 16.2. The van der Waals surface area contributed by atoms with Gasteiger partial charge in [-0.15, -0.1) is 0 Å². The van der Waals surface area contributed by atoms with Crippen molar-refractivity contribution in [2.75, 3.05) is 33.9 Å². The van der Waals surface area contributed by atoms with Gasteiger partial charge in [-0.25, -0.2) is 0 Å². The third kappa shape index (κ3) is 4.21. The highest BCUT2D eigenvalue weighted by molar-refractivity contribution is 5.80. The minimum Gasteiger partial charge on any atom is -0.496 e. The van der Waals surface area contributed by atoms with Gasteiger partial charge < -0.3 is 20.1 Å². The number of nitrogens with zero attached hydrogens (tertiary/aromatic N) is 1. The van der Waals surface area contributed by atoms with Gasteiger partial charge in [0.15, 0.2) is 5.96 Å². The van der Waals surface area contributed by atoms with Gasteiger partial charge in [0.05, 0.1) is 7.11 Å². The maximum atomic E-state index is 5.70. The van der Waals surface area contributed by atoms with Crippen molar-refractivity contribution in [3.63, 3.8) is 0 Å². The lowest BCUT2D eigenvalue weighted by Gasteiger charge is -2.39. The Kier molecular flexibility index (Phi) is 6.20. The Hall–Kier alpha value is -2.01. The molecule has 0 aromatic heterocycles. The highest BCUT2D eigenvalue weighted by Gasteiger charge is 2.37. The van der Waals surface area contributed by atoms with Crippen LogP contribution in [-0.2, 0) is 10.2 Å². The van der Waals surface area contributed by atoms with Crippen LogP contribution in [0.4, 0.5) is 0 Å². The summed E-state index contributed by atoms with van der Waals surface area (Å²) in [7, 11) is 3.59. The van der Waals surface area contributed by atoms with E-state index in [4.69, 9.17) is 9.47 Å². The normalized spacial score (nSPS) is 20.2. The summed E-state index contributed by atoms with van der Waals surface area (Å²) in [5, 5.41) is 7.10. The number of aliphatic imine (C=N–C) groups is 1. The SMILES string of the molecule is CN=C(NCC1(c2cc(C)ccc2OC)CCOCC1)NC1CC=CC1. The van der Waals surface area contributed by atoms with E-state index in [0.29, 0.717) is 6.04 Å². The average molecular weight is 357 g/mol. The molecule has 1 aliphatic carbocycles. The van der Waals surface area contributed by atoms with Crippen molar-refractivity contribution in [3.8, 4) is 5.75 Å². The Bertz CT molecular complexity index is 655. The monoisotopic (exact) mass is 357 g/mol. The van der Waals surface area contributed by atoms with Crippen LogP contribution in [0.1, 0.15) is 36.8 Å². The second-order valence-electron chi connectivity index (χ2n) is 7.31. The van der Waals surface area contributed by atoms with Crippen molar-refractivity contribution in [2.24, 2.45) is 4.99 Å². The van der Waals surface area contributed by atoms with Gasteiger partial charge in [-0.2, -0.15) is 0 Å². The first kappa shape index (κ1) is 18.8. The molecule has 0 amide bonds. The number of guanidine groups is 1. The van der Waals surface area contributed by atoms with E-state index < -0.39 is 0 Å². The number of rotatable bonds is 5. The van der Waals surface area contributed by atoms with Gasteiger partial charge in [-0.3, -0.25) is 4.99 Å². The molecule has 0 unspecified atom stereocenters. The summed E-state index contributed by atoms with van der Waals surface area (Å²) < 4.78 is 11.4. The van der Waals surface area contributed by atoms with Gasteiger partial charge in [0.2, 0.25) is 0 Å². The van der Waals surface area contributed by atoms with Crippen LogP contribution in [0.15, 0.2) is 35.3 Å². The van der Waals surface area contributed by atoms with Gasteiger partial charge in [-0.1, -0.05) is 29.8 Å². The van der Waals surface area contributed by atoms with Crippen LogP contribution >= 0.6 is 0 Å². The molecule has 0 radical (unpaired) electrons. The van der Waals surface area contributed by atoms with E-state index in [-0.39, 0.29) is 5.41 Å². The maximum Gasteiger partial charge on any atom is 0.191 e. The van der Waals surface area contributed by atoms with Crippen LogP contribution < -0.4 is 15.4 Å². The molecule has 0 spiro atoms. The van der Waals surface area contributed by atoms with Gasteiger partial charge in [-0.05, 0) is 38.7 Å². The number of nitrogens with one attached hydrogen (secondary N) is 2. The lowest BCUT2D eigenvalue weighted by Crippen LogP contribution is -2.50. The predicted octanol–water partition coefficient (Wildman–Crippen LogP) is 2.94. The summed E-state index contributed by atoms with van der Waals surface area (Å²) in [6.07, 6.45) is 8.52. The third-order valence-electron chi connectivity index (χ3n) is 5.54. The molecule has 3 rings (SSSR count). The van der Waals surface area contributed by atoms with Crippen molar-refractivity contribution in [1.82, 2.24) is 10.6 Å². The van der Waals surface area contributed by atoms with Crippen LogP contribution in [0, 0.1) is 6.92 Å². The topological polar surface area (TPSA) is 54.9 Å². The number of benzene rings is 1. The summed E-state index contributed by atoms with van der Waals surface area (Å²) in [6, 6.07) is 6.90. The molecular weight excluding hydrogens is 326 g/mol. The van der Waals surface area contributed by atoms with E-state index in [1.54, 1.807) is 7.11 Å². The highest BCUT2D eigenvalue weighted by atomic mass is 16.5. The zero-order valence-electron chi connectivity index (χ0n) is 16.2. The van der Waals surface area contributed by atoms with E-state index in [9.17, 15) is 0 Å². The van der Waals surface area contributed by atoms with Crippen molar-refractivity contribution in [3.05, 3.63) is 41.5 Å². The van der Waals surface area contributed by atoms with E-state index in [2.05, 4.69) is 52.9 Å².